The fraction of sp³-hybridized carbons (Fsp3) is 0.174. The number of aromatic nitrogens is 2. The molecule has 0 amide bonds. The summed E-state index contributed by atoms with van der Waals surface area (Å²) in [6.45, 7) is 1.70. The Hall–Kier alpha value is -2.99. The minimum absolute atomic E-state index is 0. The van der Waals surface area contributed by atoms with Crippen LogP contribution in [-0.2, 0) is 13.1 Å². The minimum atomic E-state index is 0. The molecule has 0 unspecified atom stereocenters. The first-order valence-corrected chi connectivity index (χ1v) is 9.30. The fourth-order valence-electron chi connectivity index (χ4n) is 3.43. The van der Waals surface area contributed by atoms with Gasteiger partial charge in [0.1, 0.15) is 6.61 Å². The van der Waals surface area contributed by atoms with Crippen molar-refractivity contribution in [2.45, 2.75) is 13.1 Å². The molecule has 0 spiro atoms. The van der Waals surface area contributed by atoms with Crippen LogP contribution in [0.1, 0.15) is 5.56 Å². The molecule has 0 radical (unpaired) electrons. The van der Waals surface area contributed by atoms with Gasteiger partial charge < -0.3 is 18.6 Å². The zero-order valence-corrected chi connectivity index (χ0v) is 18.0. The van der Waals surface area contributed by atoms with Gasteiger partial charge in [-0.2, -0.15) is 0 Å². The van der Waals surface area contributed by atoms with E-state index in [9.17, 15) is 0 Å². The molecule has 0 aliphatic carbocycles. The van der Waals surface area contributed by atoms with Gasteiger partial charge in [-0.25, -0.2) is 0 Å². The molecule has 1 N–H and O–H groups in total. The molecule has 1 heterocycles. The van der Waals surface area contributed by atoms with E-state index in [0.717, 1.165) is 11.0 Å². The van der Waals surface area contributed by atoms with Gasteiger partial charge in [-0.3, -0.25) is 5.41 Å². The minimum Gasteiger partial charge on any atom is -0.493 e. The summed E-state index contributed by atoms with van der Waals surface area (Å²) in [6.07, 6.45) is 0. The van der Waals surface area contributed by atoms with Crippen LogP contribution in [0.2, 0.25) is 0 Å². The first-order chi connectivity index (χ1) is 13.8. The van der Waals surface area contributed by atoms with Crippen LogP contribution in [0, 0.1) is 5.41 Å². The maximum atomic E-state index is 8.73. The number of fused-ring (bicyclic) bond motifs is 1. The van der Waals surface area contributed by atoms with Gasteiger partial charge in [-0.05, 0) is 29.8 Å². The van der Waals surface area contributed by atoms with Crippen molar-refractivity contribution in [1.82, 2.24) is 9.13 Å². The van der Waals surface area contributed by atoms with E-state index in [-0.39, 0.29) is 17.0 Å². The number of benzene rings is 3. The summed E-state index contributed by atoms with van der Waals surface area (Å²) in [4.78, 5) is 0. The Labute approximate surface area is 180 Å². The van der Waals surface area contributed by atoms with E-state index in [1.54, 1.807) is 7.11 Å². The normalized spacial score (nSPS) is 10.5. The lowest BCUT2D eigenvalue weighted by atomic mass is 10.2. The predicted octanol–water partition coefficient (Wildman–Crippen LogP) is 4.64. The lowest BCUT2D eigenvalue weighted by molar-refractivity contribution is 0.278. The molecule has 0 aliphatic rings. The number of methoxy groups -OCH3 is 1. The van der Waals surface area contributed by atoms with Crippen LogP contribution >= 0.6 is 17.0 Å². The highest BCUT2D eigenvalue weighted by Gasteiger charge is 2.11. The maximum absolute atomic E-state index is 8.73. The number of imidazole rings is 1. The molecule has 0 saturated carbocycles. The van der Waals surface area contributed by atoms with Crippen LogP contribution in [-0.4, -0.2) is 22.9 Å². The molecule has 5 nitrogen and oxygen atoms in total. The lowest BCUT2D eigenvalue weighted by Crippen LogP contribution is -2.27. The number of hydrogen-bond acceptors (Lipinski definition) is 3. The van der Waals surface area contributed by atoms with Crippen LogP contribution in [0.15, 0.2) is 78.9 Å². The maximum Gasteiger partial charge on any atom is 0.203 e. The highest BCUT2D eigenvalue weighted by molar-refractivity contribution is 8.93. The van der Waals surface area contributed by atoms with Crippen LogP contribution < -0.4 is 15.1 Å². The summed E-state index contributed by atoms with van der Waals surface area (Å²) >= 11 is 0. The Bertz CT molecular complexity index is 1140. The Kier molecular flexibility index (Phi) is 6.77. The summed E-state index contributed by atoms with van der Waals surface area (Å²) in [7, 11) is 1.63. The zero-order valence-electron chi connectivity index (χ0n) is 16.2. The summed E-state index contributed by atoms with van der Waals surface area (Å²) in [6, 6.07) is 26.0. The molecule has 6 heteroatoms. The standard InChI is InChI=1S/C23H23N3O2.BrH/c1-27-21-13-7-8-14-22(21)28-16-15-25-19-11-5-6-12-20(19)26(23(25)24)17-18-9-3-2-4-10-18;/h2-14,24H,15-17H2,1H3;1H. The molecule has 0 fully saturated rings. The molecule has 0 atom stereocenters. The second-order valence-corrected chi connectivity index (χ2v) is 6.54. The van der Waals surface area contributed by atoms with E-state index in [1.807, 2.05) is 63.7 Å². The van der Waals surface area contributed by atoms with Crippen molar-refractivity contribution in [3.63, 3.8) is 0 Å². The van der Waals surface area contributed by atoms with E-state index in [4.69, 9.17) is 14.9 Å². The lowest BCUT2D eigenvalue weighted by Gasteiger charge is -2.11. The van der Waals surface area contributed by atoms with Gasteiger partial charge in [0.05, 0.1) is 31.2 Å². The molecule has 29 heavy (non-hydrogen) atoms. The smallest absolute Gasteiger partial charge is 0.203 e. The van der Waals surface area contributed by atoms with Crippen molar-refractivity contribution in [3.8, 4) is 11.5 Å². The van der Waals surface area contributed by atoms with E-state index >= 15 is 0 Å². The first kappa shape index (κ1) is 20.7. The summed E-state index contributed by atoms with van der Waals surface area (Å²) in [5.41, 5.74) is 3.73. The van der Waals surface area contributed by atoms with E-state index < -0.39 is 0 Å². The molecule has 0 aliphatic heterocycles. The van der Waals surface area contributed by atoms with E-state index in [2.05, 4.69) is 24.3 Å². The molecular formula is C23H24BrN3O2. The molecule has 0 saturated heterocycles. The van der Waals surface area contributed by atoms with Crippen LogP contribution in [0.4, 0.5) is 0 Å². The van der Waals surface area contributed by atoms with Crippen molar-refractivity contribution in [2.75, 3.05) is 13.7 Å². The van der Waals surface area contributed by atoms with Crippen molar-refractivity contribution in [3.05, 3.63) is 90.0 Å². The Morgan fingerprint density at radius 1 is 0.759 bits per heavy atom. The quantitative estimate of drug-likeness (QED) is 0.443. The van der Waals surface area contributed by atoms with Crippen LogP contribution in [0.25, 0.3) is 11.0 Å². The third-order valence-electron chi connectivity index (χ3n) is 4.80. The third-order valence-corrected chi connectivity index (χ3v) is 4.80. The monoisotopic (exact) mass is 453 g/mol. The van der Waals surface area contributed by atoms with Gasteiger partial charge in [-0.1, -0.05) is 54.6 Å². The largest absolute Gasteiger partial charge is 0.493 e. The SMILES string of the molecule is Br.COc1ccccc1OCCn1c(=N)n(Cc2ccccc2)c2ccccc21. The van der Waals surface area contributed by atoms with Crippen molar-refractivity contribution in [2.24, 2.45) is 0 Å². The predicted molar refractivity (Wildman–Crippen MR) is 120 cm³/mol. The number of rotatable bonds is 7. The number of nitrogens with one attached hydrogen (secondary N) is 1. The number of para-hydroxylation sites is 4. The molecule has 0 bridgehead atoms. The highest BCUT2D eigenvalue weighted by atomic mass is 79.9. The molecule has 3 aromatic carbocycles. The van der Waals surface area contributed by atoms with E-state index in [0.29, 0.717) is 36.8 Å². The van der Waals surface area contributed by atoms with Crippen LogP contribution in [0.3, 0.4) is 0 Å². The van der Waals surface area contributed by atoms with Gasteiger partial charge in [0.2, 0.25) is 5.62 Å². The molecule has 4 aromatic rings. The van der Waals surface area contributed by atoms with Gasteiger partial charge >= 0.3 is 0 Å². The molecule has 150 valence electrons. The second-order valence-electron chi connectivity index (χ2n) is 6.54. The van der Waals surface area contributed by atoms with Gasteiger partial charge in [0, 0.05) is 0 Å². The molecule has 4 rings (SSSR count). The summed E-state index contributed by atoms with van der Waals surface area (Å²) < 4.78 is 15.3. The summed E-state index contributed by atoms with van der Waals surface area (Å²) in [5, 5.41) is 8.73. The molecule has 1 aromatic heterocycles. The zero-order chi connectivity index (χ0) is 19.3. The average Bonchev–Trinajstić information content (AvgIpc) is 3.01. The number of hydrogen-bond donors (Lipinski definition) is 1. The van der Waals surface area contributed by atoms with Gasteiger partial charge in [0.15, 0.2) is 11.5 Å². The number of ether oxygens (including phenoxy) is 2. The topological polar surface area (TPSA) is 52.2 Å². The average molecular weight is 454 g/mol. The Balaban J connectivity index is 0.00000240. The first-order valence-electron chi connectivity index (χ1n) is 9.30. The Morgan fingerprint density at radius 2 is 1.34 bits per heavy atom. The van der Waals surface area contributed by atoms with Gasteiger partial charge in [0.25, 0.3) is 0 Å². The van der Waals surface area contributed by atoms with E-state index in [1.165, 1.54) is 5.56 Å². The Morgan fingerprint density at radius 3 is 2.03 bits per heavy atom. The summed E-state index contributed by atoms with van der Waals surface area (Å²) in [5.74, 6) is 1.43. The molecular weight excluding hydrogens is 430 g/mol. The fourth-order valence-corrected chi connectivity index (χ4v) is 3.43. The van der Waals surface area contributed by atoms with Gasteiger partial charge in [-0.15, -0.1) is 17.0 Å². The van der Waals surface area contributed by atoms with Crippen molar-refractivity contribution < 1.29 is 9.47 Å². The second kappa shape index (κ2) is 9.47. The highest BCUT2D eigenvalue weighted by Crippen LogP contribution is 2.25. The third kappa shape index (κ3) is 4.38. The van der Waals surface area contributed by atoms with Crippen LogP contribution in [0.5, 0.6) is 11.5 Å². The van der Waals surface area contributed by atoms with Crippen molar-refractivity contribution in [1.29, 1.82) is 5.41 Å². The van der Waals surface area contributed by atoms with Crippen molar-refractivity contribution >= 4 is 28.0 Å². The number of nitrogens with zero attached hydrogens (tertiary/aromatic N) is 2. The number of halogens is 1.